The first-order valence-electron chi connectivity index (χ1n) is 9.61. The number of nitrogens with one attached hydrogen (secondary N) is 1. The summed E-state index contributed by atoms with van der Waals surface area (Å²) < 4.78 is 20.6. The molecular formula is C19H19FN8S. The topological polar surface area (TPSA) is 77.9 Å². The zero-order valence-corrected chi connectivity index (χ0v) is 16.8. The SMILES string of the molecule is Cc1cc2ncnn2cc1Nc1ncc2c(n1)n(C13CC(F)C(C1)C3)c(=S)n2C. The Bertz CT molecular complexity index is 1350. The Labute approximate surface area is 170 Å². The highest BCUT2D eigenvalue weighted by Crippen LogP contribution is 2.59. The standard InChI is InChI=1S/C19H19FN8S/c1-10-3-15-22-9-23-27(15)8-13(10)24-17-21-7-14-16(25-17)28(18(29)26(14)2)19-4-11(5-19)12(20)6-19/h3,7-9,11-12H,4-6H2,1-2H3,(H,21,24,25). The van der Waals surface area contributed by atoms with E-state index in [0.29, 0.717) is 17.1 Å². The van der Waals surface area contributed by atoms with Crippen LogP contribution < -0.4 is 5.32 Å². The summed E-state index contributed by atoms with van der Waals surface area (Å²) >= 11 is 5.70. The second kappa shape index (κ2) is 5.59. The molecule has 8 nitrogen and oxygen atoms in total. The molecule has 0 aromatic carbocycles. The first-order chi connectivity index (χ1) is 13.9. The van der Waals surface area contributed by atoms with Crippen molar-refractivity contribution in [3.8, 4) is 0 Å². The third-order valence-corrected chi connectivity index (χ3v) is 6.97. The number of hydrogen-bond acceptors (Lipinski definition) is 6. The van der Waals surface area contributed by atoms with Crippen LogP contribution in [0.15, 0.2) is 24.8 Å². The van der Waals surface area contributed by atoms with Crippen LogP contribution in [0.3, 0.4) is 0 Å². The summed E-state index contributed by atoms with van der Waals surface area (Å²) in [5, 5.41) is 7.47. The predicted octanol–water partition coefficient (Wildman–Crippen LogP) is 3.44. The van der Waals surface area contributed by atoms with Gasteiger partial charge in [-0.15, -0.1) is 0 Å². The second-order valence-electron chi connectivity index (χ2n) is 8.25. The number of pyridine rings is 1. The van der Waals surface area contributed by atoms with E-state index >= 15 is 0 Å². The zero-order valence-electron chi connectivity index (χ0n) is 16.0. The van der Waals surface area contributed by atoms with Crippen LogP contribution in [0.4, 0.5) is 16.0 Å². The van der Waals surface area contributed by atoms with Crippen molar-refractivity contribution in [3.63, 3.8) is 0 Å². The van der Waals surface area contributed by atoms with E-state index in [1.807, 2.05) is 30.8 Å². The third kappa shape index (κ3) is 2.26. The fourth-order valence-corrected chi connectivity index (χ4v) is 5.33. The van der Waals surface area contributed by atoms with Gasteiger partial charge in [-0.3, -0.25) is 4.57 Å². The van der Waals surface area contributed by atoms with Gasteiger partial charge in [0.2, 0.25) is 5.95 Å². The molecule has 3 fully saturated rings. The number of anilines is 2. The van der Waals surface area contributed by atoms with E-state index in [0.717, 1.165) is 40.9 Å². The number of halogens is 1. The molecule has 0 amide bonds. The monoisotopic (exact) mass is 410 g/mol. The molecule has 0 saturated heterocycles. The van der Waals surface area contributed by atoms with E-state index in [1.165, 1.54) is 6.33 Å². The Kier molecular flexibility index (Phi) is 3.28. The zero-order chi connectivity index (χ0) is 19.9. The molecule has 0 radical (unpaired) electrons. The van der Waals surface area contributed by atoms with Gasteiger partial charge in [-0.1, -0.05) is 0 Å². The summed E-state index contributed by atoms with van der Waals surface area (Å²) in [7, 11) is 1.91. The lowest BCUT2D eigenvalue weighted by atomic mass is 9.77. The molecule has 148 valence electrons. The van der Waals surface area contributed by atoms with Crippen LogP contribution in [-0.4, -0.2) is 39.9 Å². The van der Waals surface area contributed by atoms with E-state index in [2.05, 4.69) is 25.0 Å². The Morgan fingerprint density at radius 2 is 2.10 bits per heavy atom. The van der Waals surface area contributed by atoms with E-state index in [-0.39, 0.29) is 11.5 Å². The van der Waals surface area contributed by atoms with Gasteiger partial charge in [0, 0.05) is 13.5 Å². The summed E-state index contributed by atoms with van der Waals surface area (Å²) in [6, 6.07) is 1.95. The summed E-state index contributed by atoms with van der Waals surface area (Å²) in [4.78, 5) is 13.5. The van der Waals surface area contributed by atoms with Crippen molar-refractivity contribution in [1.82, 2.24) is 33.7 Å². The maximum Gasteiger partial charge on any atom is 0.229 e. The number of imidazole rings is 1. The molecule has 1 unspecified atom stereocenters. The van der Waals surface area contributed by atoms with E-state index in [9.17, 15) is 4.39 Å². The normalized spacial score (nSPS) is 25.6. The van der Waals surface area contributed by atoms with Gasteiger partial charge in [-0.05, 0) is 49.5 Å². The summed E-state index contributed by atoms with van der Waals surface area (Å²) in [5.74, 6) is 0.625. The first kappa shape index (κ1) is 17.0. The van der Waals surface area contributed by atoms with Gasteiger partial charge in [0.1, 0.15) is 18.0 Å². The van der Waals surface area contributed by atoms with E-state index < -0.39 is 6.17 Å². The molecule has 10 heteroatoms. The number of alkyl halides is 1. The molecule has 4 aromatic heterocycles. The molecule has 2 bridgehead atoms. The van der Waals surface area contributed by atoms with Crippen molar-refractivity contribution in [2.24, 2.45) is 13.0 Å². The minimum atomic E-state index is -0.747. The molecular weight excluding hydrogens is 391 g/mol. The molecule has 4 heterocycles. The number of nitrogens with zero attached hydrogens (tertiary/aromatic N) is 7. The molecule has 1 atom stereocenters. The van der Waals surface area contributed by atoms with Gasteiger partial charge < -0.3 is 9.88 Å². The molecule has 3 aliphatic carbocycles. The third-order valence-electron chi connectivity index (χ3n) is 6.52. The smallest absolute Gasteiger partial charge is 0.229 e. The summed E-state index contributed by atoms with van der Waals surface area (Å²) in [5.41, 5.74) is 3.99. The maximum absolute atomic E-state index is 14.2. The highest BCUT2D eigenvalue weighted by Gasteiger charge is 2.58. The summed E-state index contributed by atoms with van der Waals surface area (Å²) in [6.07, 6.45) is 6.58. The largest absolute Gasteiger partial charge is 0.323 e. The Morgan fingerprint density at radius 1 is 1.28 bits per heavy atom. The molecule has 7 rings (SSSR count). The summed E-state index contributed by atoms with van der Waals surface area (Å²) in [6.45, 7) is 1.99. The lowest BCUT2D eigenvalue weighted by Gasteiger charge is -2.39. The minimum Gasteiger partial charge on any atom is -0.323 e. The number of hydrogen-bond donors (Lipinski definition) is 1. The molecule has 3 aliphatic rings. The van der Waals surface area contributed by atoms with Crippen LogP contribution >= 0.6 is 12.2 Å². The van der Waals surface area contributed by atoms with Crippen molar-refractivity contribution in [3.05, 3.63) is 35.1 Å². The minimum absolute atomic E-state index is 0.156. The Morgan fingerprint density at radius 3 is 2.86 bits per heavy atom. The van der Waals surface area contributed by atoms with Crippen molar-refractivity contribution >= 4 is 40.7 Å². The maximum atomic E-state index is 14.2. The highest BCUT2D eigenvalue weighted by atomic mass is 32.1. The molecule has 1 N–H and O–H groups in total. The van der Waals surface area contributed by atoms with Crippen molar-refractivity contribution in [2.75, 3.05) is 5.32 Å². The lowest BCUT2D eigenvalue weighted by Crippen LogP contribution is -2.39. The van der Waals surface area contributed by atoms with Crippen molar-refractivity contribution in [2.45, 2.75) is 37.9 Å². The fraction of sp³-hybridized carbons (Fsp3) is 0.421. The van der Waals surface area contributed by atoms with Gasteiger partial charge in [-0.25, -0.2) is 18.9 Å². The van der Waals surface area contributed by atoms with Gasteiger partial charge >= 0.3 is 0 Å². The number of aromatic nitrogens is 7. The van der Waals surface area contributed by atoms with Crippen LogP contribution in [0.1, 0.15) is 24.8 Å². The molecule has 3 saturated carbocycles. The van der Waals surface area contributed by atoms with Gasteiger partial charge in [0.05, 0.1) is 23.6 Å². The van der Waals surface area contributed by atoms with Crippen molar-refractivity contribution in [1.29, 1.82) is 0 Å². The number of aryl methyl sites for hydroxylation is 2. The molecule has 0 spiro atoms. The van der Waals surface area contributed by atoms with Gasteiger partial charge in [0.15, 0.2) is 16.1 Å². The predicted molar refractivity (Wildman–Crippen MR) is 109 cm³/mol. The van der Waals surface area contributed by atoms with Crippen LogP contribution in [-0.2, 0) is 12.6 Å². The van der Waals surface area contributed by atoms with E-state index in [4.69, 9.17) is 17.2 Å². The van der Waals surface area contributed by atoms with Gasteiger partial charge in [0.25, 0.3) is 0 Å². The van der Waals surface area contributed by atoms with Crippen molar-refractivity contribution < 1.29 is 4.39 Å². The van der Waals surface area contributed by atoms with Gasteiger partial charge in [-0.2, -0.15) is 10.1 Å². The molecule has 4 aromatic rings. The fourth-order valence-electron chi connectivity index (χ4n) is 4.95. The first-order valence-corrected chi connectivity index (χ1v) is 10.0. The lowest BCUT2D eigenvalue weighted by molar-refractivity contribution is 0.141. The van der Waals surface area contributed by atoms with Crippen LogP contribution in [0, 0.1) is 17.6 Å². The van der Waals surface area contributed by atoms with Crippen LogP contribution in [0.5, 0.6) is 0 Å². The average molecular weight is 410 g/mol. The number of rotatable bonds is 3. The molecule has 29 heavy (non-hydrogen) atoms. The molecule has 0 aliphatic heterocycles. The highest BCUT2D eigenvalue weighted by molar-refractivity contribution is 7.71. The second-order valence-corrected chi connectivity index (χ2v) is 8.62. The van der Waals surface area contributed by atoms with Crippen LogP contribution in [0.25, 0.3) is 16.8 Å². The van der Waals surface area contributed by atoms with Crippen LogP contribution in [0.2, 0.25) is 0 Å². The quantitative estimate of drug-likeness (QED) is 0.522. The Balaban J connectivity index is 1.46. The average Bonchev–Trinajstić information content (AvgIpc) is 3.38. The Hall–Kier alpha value is -2.88. The number of fused-ring (bicyclic) bond motifs is 3. The van der Waals surface area contributed by atoms with E-state index in [1.54, 1.807) is 10.7 Å².